The molecular formula is C17H16FN. The number of hydrogen-bond donors (Lipinski definition) is 1. The van der Waals surface area contributed by atoms with E-state index in [0.29, 0.717) is 0 Å². The van der Waals surface area contributed by atoms with Crippen molar-refractivity contribution in [2.24, 2.45) is 0 Å². The van der Waals surface area contributed by atoms with Crippen molar-refractivity contribution in [2.45, 2.75) is 19.0 Å². The van der Waals surface area contributed by atoms with Crippen LogP contribution >= 0.6 is 0 Å². The van der Waals surface area contributed by atoms with Crippen molar-refractivity contribution < 1.29 is 4.39 Å². The molecule has 0 aliphatic heterocycles. The Hall–Kier alpha value is -2.11. The van der Waals surface area contributed by atoms with E-state index in [2.05, 4.69) is 11.2 Å². The smallest absolute Gasteiger partial charge is 0.123 e. The van der Waals surface area contributed by atoms with Crippen LogP contribution in [0.25, 0.3) is 0 Å². The number of benzene rings is 2. The van der Waals surface area contributed by atoms with Crippen molar-refractivity contribution >= 4 is 0 Å². The van der Waals surface area contributed by atoms with Gasteiger partial charge in [-0.1, -0.05) is 48.4 Å². The maximum Gasteiger partial charge on any atom is 0.123 e. The lowest BCUT2D eigenvalue weighted by Gasteiger charge is -2.22. The highest BCUT2D eigenvalue weighted by Crippen LogP contribution is 2.22. The predicted octanol–water partition coefficient (Wildman–Crippen LogP) is 3.53. The van der Waals surface area contributed by atoms with Crippen LogP contribution in [0.1, 0.15) is 24.1 Å². The Morgan fingerprint density at radius 3 is 2.16 bits per heavy atom. The first-order valence-electron chi connectivity index (χ1n) is 6.23. The van der Waals surface area contributed by atoms with Gasteiger partial charge in [0.1, 0.15) is 5.82 Å². The molecule has 96 valence electrons. The maximum absolute atomic E-state index is 13.0. The van der Waals surface area contributed by atoms with Gasteiger partial charge in [0, 0.05) is 0 Å². The number of nitrogens with one attached hydrogen (secondary N) is 1. The van der Waals surface area contributed by atoms with Crippen LogP contribution in [0.4, 0.5) is 4.39 Å². The molecule has 0 aliphatic rings. The van der Waals surface area contributed by atoms with E-state index in [1.807, 2.05) is 37.3 Å². The quantitative estimate of drug-likeness (QED) is 0.822. The molecule has 2 aromatic rings. The first-order chi connectivity index (χ1) is 9.20. The molecule has 0 radical (unpaired) electrons. The lowest BCUT2D eigenvalue weighted by atomic mass is 9.98. The Bertz CT molecular complexity index is 554. The van der Waals surface area contributed by atoms with Crippen molar-refractivity contribution in [3.63, 3.8) is 0 Å². The molecule has 0 amide bonds. The fraction of sp³-hybridized carbons (Fsp3) is 0.176. The molecule has 0 saturated heterocycles. The van der Waals surface area contributed by atoms with Gasteiger partial charge in [-0.3, -0.25) is 5.32 Å². The standard InChI is InChI=1S/C17H16FN/c1-3-13(2)19-17(14-7-5-4-6-8-14)15-9-11-16(18)12-10-15/h1,4-13,17,19H,2H3. The third-order valence-electron chi connectivity index (χ3n) is 3.00. The van der Waals surface area contributed by atoms with Crippen molar-refractivity contribution in [3.05, 3.63) is 71.5 Å². The monoisotopic (exact) mass is 253 g/mol. The molecule has 2 aromatic carbocycles. The molecule has 1 nitrogen and oxygen atoms in total. The minimum Gasteiger partial charge on any atom is -0.293 e. The van der Waals surface area contributed by atoms with E-state index >= 15 is 0 Å². The highest BCUT2D eigenvalue weighted by Gasteiger charge is 2.15. The second-order valence-corrected chi connectivity index (χ2v) is 4.45. The second-order valence-electron chi connectivity index (χ2n) is 4.45. The zero-order valence-corrected chi connectivity index (χ0v) is 10.8. The van der Waals surface area contributed by atoms with Crippen LogP contribution in [0.3, 0.4) is 0 Å². The van der Waals surface area contributed by atoms with Gasteiger partial charge in [-0.25, -0.2) is 4.39 Å². The Morgan fingerprint density at radius 1 is 1.00 bits per heavy atom. The van der Waals surface area contributed by atoms with Gasteiger partial charge < -0.3 is 0 Å². The minimum absolute atomic E-state index is 0.0344. The van der Waals surface area contributed by atoms with Crippen LogP contribution < -0.4 is 5.32 Å². The van der Waals surface area contributed by atoms with Gasteiger partial charge >= 0.3 is 0 Å². The fourth-order valence-electron chi connectivity index (χ4n) is 1.98. The van der Waals surface area contributed by atoms with Gasteiger partial charge in [0.05, 0.1) is 12.1 Å². The average molecular weight is 253 g/mol. The molecule has 0 fully saturated rings. The van der Waals surface area contributed by atoms with Crippen LogP contribution in [-0.2, 0) is 0 Å². The third-order valence-corrected chi connectivity index (χ3v) is 3.00. The Morgan fingerprint density at radius 2 is 1.58 bits per heavy atom. The summed E-state index contributed by atoms with van der Waals surface area (Å²) in [7, 11) is 0. The SMILES string of the molecule is C#CC(C)NC(c1ccccc1)c1ccc(F)cc1. The largest absolute Gasteiger partial charge is 0.293 e. The fourth-order valence-corrected chi connectivity index (χ4v) is 1.98. The summed E-state index contributed by atoms with van der Waals surface area (Å²) in [5.74, 6) is 2.43. The summed E-state index contributed by atoms with van der Waals surface area (Å²) in [6.45, 7) is 1.93. The van der Waals surface area contributed by atoms with E-state index in [1.165, 1.54) is 12.1 Å². The zero-order valence-electron chi connectivity index (χ0n) is 10.8. The van der Waals surface area contributed by atoms with Crippen molar-refractivity contribution in [1.29, 1.82) is 0 Å². The molecule has 0 saturated carbocycles. The Balaban J connectivity index is 2.34. The first-order valence-corrected chi connectivity index (χ1v) is 6.23. The molecular weight excluding hydrogens is 237 g/mol. The van der Waals surface area contributed by atoms with Crippen LogP contribution in [0.2, 0.25) is 0 Å². The molecule has 2 rings (SSSR count). The normalized spacial score (nSPS) is 13.5. The van der Waals surface area contributed by atoms with Crippen molar-refractivity contribution in [3.8, 4) is 12.3 Å². The zero-order chi connectivity index (χ0) is 13.7. The molecule has 2 heteroatoms. The van der Waals surface area contributed by atoms with Gasteiger partial charge in [0.2, 0.25) is 0 Å². The van der Waals surface area contributed by atoms with Gasteiger partial charge in [-0.2, -0.15) is 0 Å². The van der Waals surface area contributed by atoms with E-state index in [-0.39, 0.29) is 17.9 Å². The lowest BCUT2D eigenvalue weighted by molar-refractivity contribution is 0.570. The summed E-state index contributed by atoms with van der Waals surface area (Å²) >= 11 is 0. The molecule has 2 atom stereocenters. The first kappa shape index (κ1) is 13.3. The highest BCUT2D eigenvalue weighted by molar-refractivity contribution is 5.32. The van der Waals surface area contributed by atoms with E-state index in [0.717, 1.165) is 11.1 Å². The molecule has 0 heterocycles. The van der Waals surface area contributed by atoms with Crippen LogP contribution in [0.5, 0.6) is 0 Å². The topological polar surface area (TPSA) is 12.0 Å². The number of rotatable bonds is 4. The van der Waals surface area contributed by atoms with Crippen LogP contribution in [0, 0.1) is 18.2 Å². The van der Waals surface area contributed by atoms with E-state index in [1.54, 1.807) is 12.1 Å². The van der Waals surface area contributed by atoms with Gasteiger partial charge in [0.25, 0.3) is 0 Å². The molecule has 19 heavy (non-hydrogen) atoms. The van der Waals surface area contributed by atoms with E-state index in [4.69, 9.17) is 6.42 Å². The molecule has 0 bridgehead atoms. The molecule has 0 spiro atoms. The average Bonchev–Trinajstić information content (AvgIpc) is 2.46. The number of halogens is 1. The molecule has 0 aliphatic carbocycles. The second kappa shape index (κ2) is 6.17. The lowest BCUT2D eigenvalue weighted by Crippen LogP contribution is -2.30. The van der Waals surface area contributed by atoms with E-state index in [9.17, 15) is 4.39 Å². The number of terminal acetylenes is 1. The molecule has 0 aromatic heterocycles. The van der Waals surface area contributed by atoms with Crippen molar-refractivity contribution in [1.82, 2.24) is 5.32 Å². The highest BCUT2D eigenvalue weighted by atomic mass is 19.1. The van der Waals surface area contributed by atoms with Crippen molar-refractivity contribution in [2.75, 3.05) is 0 Å². The van der Waals surface area contributed by atoms with Gasteiger partial charge in [-0.15, -0.1) is 6.42 Å². The summed E-state index contributed by atoms with van der Waals surface area (Å²) < 4.78 is 13.0. The number of hydrogen-bond acceptors (Lipinski definition) is 1. The third kappa shape index (κ3) is 3.43. The van der Waals surface area contributed by atoms with E-state index < -0.39 is 0 Å². The Labute approximate surface area is 113 Å². The summed E-state index contributed by atoms with van der Waals surface area (Å²) in [6, 6.07) is 16.4. The van der Waals surface area contributed by atoms with Crippen LogP contribution in [0.15, 0.2) is 54.6 Å². The van der Waals surface area contributed by atoms with Gasteiger partial charge in [-0.05, 0) is 30.2 Å². The molecule has 1 N–H and O–H groups in total. The van der Waals surface area contributed by atoms with Gasteiger partial charge in [0.15, 0.2) is 0 Å². The predicted molar refractivity (Wildman–Crippen MR) is 76.1 cm³/mol. The summed E-state index contributed by atoms with van der Waals surface area (Å²) in [5.41, 5.74) is 2.10. The summed E-state index contributed by atoms with van der Waals surface area (Å²) in [6.07, 6.45) is 5.43. The Kier molecular flexibility index (Phi) is 4.33. The maximum atomic E-state index is 13.0. The minimum atomic E-state index is -0.236. The summed E-state index contributed by atoms with van der Waals surface area (Å²) in [4.78, 5) is 0. The van der Waals surface area contributed by atoms with Crippen LogP contribution in [-0.4, -0.2) is 6.04 Å². The summed E-state index contributed by atoms with van der Waals surface area (Å²) in [5, 5.41) is 3.36. The molecule has 2 unspecified atom stereocenters.